The lowest BCUT2D eigenvalue weighted by molar-refractivity contribution is -0.144. The molecule has 1 N–H and O–H groups in total. The van der Waals surface area contributed by atoms with E-state index in [9.17, 15) is 9.59 Å². The summed E-state index contributed by atoms with van der Waals surface area (Å²) in [5.41, 5.74) is 1.46. The van der Waals surface area contributed by atoms with Gasteiger partial charge in [0.05, 0.1) is 5.75 Å². The molecule has 0 radical (unpaired) electrons. The van der Waals surface area contributed by atoms with Gasteiger partial charge in [-0.3, -0.25) is 9.59 Å². The van der Waals surface area contributed by atoms with Crippen LogP contribution in [0.5, 0.6) is 11.5 Å². The number of hydrogen-bond acceptors (Lipinski definition) is 6. The number of aryl methyl sites for hydroxylation is 1. The zero-order valence-electron chi connectivity index (χ0n) is 14.6. The van der Waals surface area contributed by atoms with Gasteiger partial charge in [-0.25, -0.2) is 0 Å². The number of fused-ring (bicyclic) bond motifs is 1. The van der Waals surface area contributed by atoms with Crippen LogP contribution in [-0.2, 0) is 14.3 Å². The molecule has 0 aromatic heterocycles. The van der Waals surface area contributed by atoms with Crippen LogP contribution in [0.1, 0.15) is 5.56 Å². The highest BCUT2D eigenvalue weighted by molar-refractivity contribution is 8.00. The molecule has 1 heterocycles. The summed E-state index contributed by atoms with van der Waals surface area (Å²) in [4.78, 5) is 24.7. The van der Waals surface area contributed by atoms with Crippen LogP contribution >= 0.6 is 23.4 Å². The zero-order chi connectivity index (χ0) is 19.2. The molecule has 0 bridgehead atoms. The van der Waals surface area contributed by atoms with E-state index in [1.54, 1.807) is 18.2 Å². The summed E-state index contributed by atoms with van der Waals surface area (Å²) < 4.78 is 16.0. The van der Waals surface area contributed by atoms with E-state index in [0.717, 1.165) is 10.5 Å². The minimum atomic E-state index is -0.479. The number of rotatable bonds is 6. The third-order valence-electron chi connectivity index (χ3n) is 3.71. The lowest BCUT2D eigenvalue weighted by atomic mass is 10.2. The van der Waals surface area contributed by atoms with Gasteiger partial charge < -0.3 is 19.5 Å². The smallest absolute Gasteiger partial charge is 0.316 e. The number of esters is 1. The molecule has 3 rings (SSSR count). The van der Waals surface area contributed by atoms with Gasteiger partial charge in [0.25, 0.3) is 5.91 Å². The zero-order valence-corrected chi connectivity index (χ0v) is 16.2. The van der Waals surface area contributed by atoms with E-state index in [4.69, 9.17) is 25.8 Å². The molecule has 1 aliphatic heterocycles. The number of nitrogens with one attached hydrogen (secondary N) is 1. The fraction of sp³-hybridized carbons (Fsp3) is 0.263. The van der Waals surface area contributed by atoms with Crippen LogP contribution in [0, 0.1) is 6.92 Å². The van der Waals surface area contributed by atoms with Gasteiger partial charge in [0.1, 0.15) is 13.2 Å². The van der Waals surface area contributed by atoms with Crippen LogP contribution in [-0.4, -0.2) is 37.4 Å². The maximum atomic E-state index is 11.9. The molecule has 0 saturated carbocycles. The number of anilines is 1. The first-order valence-electron chi connectivity index (χ1n) is 8.25. The van der Waals surface area contributed by atoms with Gasteiger partial charge in [-0.1, -0.05) is 17.7 Å². The van der Waals surface area contributed by atoms with Crippen LogP contribution in [0.25, 0.3) is 0 Å². The fourth-order valence-electron chi connectivity index (χ4n) is 2.36. The molecule has 0 atom stereocenters. The largest absolute Gasteiger partial charge is 0.486 e. The predicted molar refractivity (Wildman–Crippen MR) is 104 cm³/mol. The van der Waals surface area contributed by atoms with Gasteiger partial charge in [0.2, 0.25) is 0 Å². The van der Waals surface area contributed by atoms with E-state index in [2.05, 4.69) is 5.32 Å². The summed E-state index contributed by atoms with van der Waals surface area (Å²) in [6.45, 7) is 2.53. The number of thioether (sulfide) groups is 1. The highest BCUT2D eigenvalue weighted by Gasteiger charge is 2.14. The van der Waals surface area contributed by atoms with Crippen molar-refractivity contribution in [1.82, 2.24) is 0 Å². The number of benzene rings is 2. The molecular formula is C19H18ClNO5S. The number of hydrogen-bond donors (Lipinski definition) is 1. The molecular weight excluding hydrogens is 390 g/mol. The van der Waals surface area contributed by atoms with E-state index in [1.165, 1.54) is 11.8 Å². The summed E-state index contributed by atoms with van der Waals surface area (Å²) in [5.74, 6) is 0.547. The number of carbonyl (C=O) groups is 2. The average Bonchev–Trinajstić information content (AvgIpc) is 2.67. The molecule has 6 nitrogen and oxygen atoms in total. The third kappa shape index (κ3) is 5.55. The van der Waals surface area contributed by atoms with Crippen molar-refractivity contribution in [2.24, 2.45) is 0 Å². The molecule has 0 fully saturated rings. The third-order valence-corrected chi connectivity index (χ3v) is 4.91. The van der Waals surface area contributed by atoms with E-state index >= 15 is 0 Å². The van der Waals surface area contributed by atoms with Crippen LogP contribution < -0.4 is 14.8 Å². The van der Waals surface area contributed by atoms with Crippen molar-refractivity contribution >= 4 is 40.9 Å². The Kier molecular flexibility index (Phi) is 6.47. The van der Waals surface area contributed by atoms with Gasteiger partial charge in [-0.15, -0.1) is 11.8 Å². The second-order valence-electron chi connectivity index (χ2n) is 5.76. The molecule has 27 heavy (non-hydrogen) atoms. The second-order valence-corrected chi connectivity index (χ2v) is 7.25. The van der Waals surface area contributed by atoms with Crippen molar-refractivity contribution in [2.45, 2.75) is 11.8 Å². The normalized spacial score (nSPS) is 12.4. The van der Waals surface area contributed by atoms with Crippen molar-refractivity contribution in [3.05, 3.63) is 47.0 Å². The maximum absolute atomic E-state index is 11.9. The molecule has 1 amide bonds. The SMILES string of the molecule is Cc1ccc(Cl)cc1NC(=O)COC(=O)CSc1ccc2c(c1)OCCO2. The quantitative estimate of drug-likeness (QED) is 0.581. The molecule has 2 aromatic rings. The lowest BCUT2D eigenvalue weighted by Gasteiger charge is -2.18. The second kappa shape index (κ2) is 9.01. The minimum Gasteiger partial charge on any atom is -0.486 e. The lowest BCUT2D eigenvalue weighted by Crippen LogP contribution is -2.22. The minimum absolute atomic E-state index is 0.0864. The summed E-state index contributed by atoms with van der Waals surface area (Å²) >= 11 is 7.22. The number of carbonyl (C=O) groups excluding carboxylic acids is 2. The van der Waals surface area contributed by atoms with Crippen molar-refractivity contribution in [3.8, 4) is 11.5 Å². The summed E-state index contributed by atoms with van der Waals surface area (Å²) in [5, 5.41) is 3.19. The Bertz CT molecular complexity index is 858. The van der Waals surface area contributed by atoms with Gasteiger partial charge in [-0.2, -0.15) is 0 Å². The molecule has 0 spiro atoms. The van der Waals surface area contributed by atoms with Gasteiger partial charge in [0, 0.05) is 15.6 Å². The fourth-order valence-corrected chi connectivity index (χ4v) is 3.25. The van der Waals surface area contributed by atoms with E-state index in [0.29, 0.717) is 35.4 Å². The maximum Gasteiger partial charge on any atom is 0.316 e. The Labute approximate surface area is 166 Å². The Balaban J connectivity index is 1.44. The Hall–Kier alpha value is -2.38. The van der Waals surface area contributed by atoms with Gasteiger partial charge in [0.15, 0.2) is 18.1 Å². The monoisotopic (exact) mass is 407 g/mol. The van der Waals surface area contributed by atoms with Crippen LogP contribution in [0.15, 0.2) is 41.3 Å². The Morgan fingerprint density at radius 3 is 2.74 bits per heavy atom. The molecule has 2 aromatic carbocycles. The molecule has 0 unspecified atom stereocenters. The molecule has 8 heteroatoms. The Morgan fingerprint density at radius 1 is 1.15 bits per heavy atom. The highest BCUT2D eigenvalue weighted by Crippen LogP contribution is 2.34. The summed E-state index contributed by atoms with van der Waals surface area (Å²) in [6.07, 6.45) is 0. The van der Waals surface area contributed by atoms with Crippen LogP contribution in [0.2, 0.25) is 5.02 Å². The molecule has 0 saturated heterocycles. The highest BCUT2D eigenvalue weighted by atomic mass is 35.5. The predicted octanol–water partition coefficient (Wildman–Crippen LogP) is 3.69. The molecule has 0 aliphatic carbocycles. The van der Waals surface area contributed by atoms with E-state index in [1.807, 2.05) is 25.1 Å². The summed E-state index contributed by atoms with van der Waals surface area (Å²) in [6, 6.07) is 10.7. The van der Waals surface area contributed by atoms with E-state index < -0.39 is 11.9 Å². The van der Waals surface area contributed by atoms with Crippen molar-refractivity contribution < 1.29 is 23.8 Å². The number of amides is 1. The Morgan fingerprint density at radius 2 is 1.93 bits per heavy atom. The first-order valence-corrected chi connectivity index (χ1v) is 9.62. The van der Waals surface area contributed by atoms with Crippen molar-refractivity contribution in [2.75, 3.05) is 30.9 Å². The summed E-state index contributed by atoms with van der Waals surface area (Å²) in [7, 11) is 0. The van der Waals surface area contributed by atoms with Crippen molar-refractivity contribution in [3.63, 3.8) is 0 Å². The number of halogens is 1. The first-order chi connectivity index (χ1) is 13.0. The molecule has 1 aliphatic rings. The van der Waals surface area contributed by atoms with Gasteiger partial charge in [-0.05, 0) is 42.8 Å². The van der Waals surface area contributed by atoms with Crippen molar-refractivity contribution in [1.29, 1.82) is 0 Å². The van der Waals surface area contributed by atoms with Crippen LogP contribution in [0.3, 0.4) is 0 Å². The molecule has 142 valence electrons. The standard InChI is InChI=1S/C19H18ClNO5S/c1-12-2-3-13(20)8-15(12)21-18(22)10-26-19(23)11-27-14-4-5-16-17(9-14)25-7-6-24-16/h2-5,8-9H,6-7,10-11H2,1H3,(H,21,22). The first kappa shape index (κ1) is 19.4. The average molecular weight is 408 g/mol. The van der Waals surface area contributed by atoms with Gasteiger partial charge >= 0.3 is 5.97 Å². The number of ether oxygens (including phenoxy) is 3. The topological polar surface area (TPSA) is 73.9 Å². The van der Waals surface area contributed by atoms with Crippen LogP contribution in [0.4, 0.5) is 5.69 Å². The van der Waals surface area contributed by atoms with E-state index in [-0.39, 0.29) is 12.4 Å².